The van der Waals surface area contributed by atoms with E-state index in [0.29, 0.717) is 29.0 Å². The van der Waals surface area contributed by atoms with Gasteiger partial charge in [-0.3, -0.25) is 9.36 Å². The number of amides is 1. The molecule has 0 spiro atoms. The first-order valence-electron chi connectivity index (χ1n) is 9.10. The number of rotatable bonds is 9. The van der Waals surface area contributed by atoms with Crippen LogP contribution in [-0.2, 0) is 11.3 Å². The molecule has 0 aliphatic carbocycles. The SMILES string of the molecule is C=CCn1c(SCC(=O)Nc2ccc(F)cc2)nnc1C(C)Oc1ccc(F)cc1. The average Bonchev–Trinajstić information content (AvgIpc) is 3.13. The number of carbonyl (C=O) groups is 1. The molecular formula is C21H20F2N4O2S. The molecule has 1 unspecified atom stereocenters. The number of aromatic nitrogens is 3. The summed E-state index contributed by atoms with van der Waals surface area (Å²) in [6.07, 6.45) is 1.24. The Morgan fingerprint density at radius 3 is 2.43 bits per heavy atom. The summed E-state index contributed by atoms with van der Waals surface area (Å²) in [5, 5.41) is 11.6. The minimum Gasteiger partial charge on any atom is -0.483 e. The zero-order valence-electron chi connectivity index (χ0n) is 16.2. The van der Waals surface area contributed by atoms with Gasteiger partial charge >= 0.3 is 0 Å². The van der Waals surface area contributed by atoms with Crippen molar-refractivity contribution in [3.05, 3.63) is 78.6 Å². The van der Waals surface area contributed by atoms with E-state index in [2.05, 4.69) is 22.1 Å². The van der Waals surface area contributed by atoms with Crippen LogP contribution in [0.3, 0.4) is 0 Å². The van der Waals surface area contributed by atoms with E-state index in [4.69, 9.17) is 4.74 Å². The van der Waals surface area contributed by atoms with Gasteiger partial charge in [-0.05, 0) is 55.5 Å². The molecule has 1 aromatic heterocycles. The predicted octanol–water partition coefficient (Wildman–Crippen LogP) is 4.61. The lowest BCUT2D eigenvalue weighted by molar-refractivity contribution is -0.113. The van der Waals surface area contributed by atoms with Crippen LogP contribution in [0, 0.1) is 11.6 Å². The lowest BCUT2D eigenvalue weighted by atomic mass is 10.3. The number of hydrogen-bond donors (Lipinski definition) is 1. The van der Waals surface area contributed by atoms with Gasteiger partial charge in [-0.15, -0.1) is 16.8 Å². The zero-order valence-corrected chi connectivity index (χ0v) is 17.0. The standard InChI is InChI=1S/C21H20F2N4O2S/c1-3-12-27-20(14(2)29-18-10-6-16(23)7-11-18)25-26-21(27)30-13-19(28)24-17-8-4-15(22)5-9-17/h3-11,14H,1,12-13H2,2H3,(H,24,28). The summed E-state index contributed by atoms with van der Waals surface area (Å²) in [5.41, 5.74) is 0.511. The van der Waals surface area contributed by atoms with Gasteiger partial charge in [0.2, 0.25) is 5.91 Å². The van der Waals surface area contributed by atoms with Gasteiger partial charge < -0.3 is 10.1 Å². The number of halogens is 2. The minimum absolute atomic E-state index is 0.0971. The summed E-state index contributed by atoms with van der Waals surface area (Å²) in [6.45, 7) is 5.99. The van der Waals surface area contributed by atoms with Crippen LogP contribution >= 0.6 is 11.8 Å². The number of nitrogens with zero attached hydrogens (tertiary/aromatic N) is 3. The van der Waals surface area contributed by atoms with E-state index in [1.54, 1.807) is 10.6 Å². The summed E-state index contributed by atoms with van der Waals surface area (Å²) >= 11 is 1.21. The Hall–Kier alpha value is -3.20. The van der Waals surface area contributed by atoms with Crippen LogP contribution in [0.1, 0.15) is 18.9 Å². The summed E-state index contributed by atoms with van der Waals surface area (Å²) in [7, 11) is 0. The molecule has 0 fully saturated rings. The Kier molecular flexibility index (Phi) is 7.18. The minimum atomic E-state index is -0.453. The van der Waals surface area contributed by atoms with Gasteiger partial charge in [0.1, 0.15) is 17.4 Å². The fourth-order valence-electron chi connectivity index (χ4n) is 2.64. The lowest BCUT2D eigenvalue weighted by Crippen LogP contribution is -2.15. The second-order valence-corrected chi connectivity index (χ2v) is 7.24. The Morgan fingerprint density at radius 1 is 1.17 bits per heavy atom. The highest BCUT2D eigenvalue weighted by Gasteiger charge is 2.20. The zero-order chi connectivity index (χ0) is 21.5. The van der Waals surface area contributed by atoms with Crippen molar-refractivity contribution in [2.24, 2.45) is 0 Å². The lowest BCUT2D eigenvalue weighted by Gasteiger charge is -2.15. The van der Waals surface area contributed by atoms with E-state index in [9.17, 15) is 13.6 Å². The fraction of sp³-hybridized carbons (Fsp3) is 0.190. The fourth-order valence-corrected chi connectivity index (χ4v) is 3.39. The second-order valence-electron chi connectivity index (χ2n) is 6.30. The van der Waals surface area contributed by atoms with Crippen LogP contribution in [0.5, 0.6) is 5.75 Å². The Balaban J connectivity index is 1.65. The van der Waals surface area contributed by atoms with Gasteiger partial charge in [0.05, 0.1) is 5.75 Å². The van der Waals surface area contributed by atoms with Crippen molar-refractivity contribution in [1.82, 2.24) is 14.8 Å². The molecular weight excluding hydrogens is 410 g/mol. The first kappa shape index (κ1) is 21.5. The Bertz CT molecular complexity index is 1010. The van der Waals surface area contributed by atoms with Crippen molar-refractivity contribution >= 4 is 23.4 Å². The van der Waals surface area contributed by atoms with Gasteiger partial charge in [0, 0.05) is 12.2 Å². The van der Waals surface area contributed by atoms with Crippen molar-refractivity contribution in [2.45, 2.75) is 24.7 Å². The first-order valence-corrected chi connectivity index (χ1v) is 10.1. The maximum atomic E-state index is 13.1. The van der Waals surface area contributed by atoms with Crippen LogP contribution in [-0.4, -0.2) is 26.4 Å². The molecule has 156 valence electrons. The summed E-state index contributed by atoms with van der Waals surface area (Å²) in [4.78, 5) is 12.2. The highest BCUT2D eigenvalue weighted by molar-refractivity contribution is 7.99. The summed E-state index contributed by atoms with van der Waals surface area (Å²) in [5.74, 6) is 0.189. The molecule has 2 aromatic carbocycles. The number of thioether (sulfide) groups is 1. The molecule has 1 heterocycles. The van der Waals surface area contributed by atoms with Crippen LogP contribution in [0.15, 0.2) is 66.3 Å². The van der Waals surface area contributed by atoms with E-state index in [-0.39, 0.29) is 23.3 Å². The first-order chi connectivity index (χ1) is 14.5. The van der Waals surface area contributed by atoms with Crippen molar-refractivity contribution in [3.63, 3.8) is 0 Å². The van der Waals surface area contributed by atoms with E-state index in [0.717, 1.165) is 0 Å². The molecule has 0 bridgehead atoms. The third-order valence-corrected chi connectivity index (χ3v) is 4.97. The molecule has 0 saturated heterocycles. The molecule has 0 aliphatic heterocycles. The molecule has 0 saturated carbocycles. The molecule has 0 radical (unpaired) electrons. The quantitative estimate of drug-likeness (QED) is 0.397. The van der Waals surface area contributed by atoms with E-state index < -0.39 is 6.10 Å². The highest BCUT2D eigenvalue weighted by Crippen LogP contribution is 2.25. The third kappa shape index (κ3) is 5.66. The topological polar surface area (TPSA) is 69.0 Å². The molecule has 9 heteroatoms. The van der Waals surface area contributed by atoms with Gasteiger partial charge in [0.15, 0.2) is 17.1 Å². The Morgan fingerprint density at radius 2 is 1.80 bits per heavy atom. The number of ether oxygens (including phenoxy) is 1. The number of carbonyl (C=O) groups excluding carboxylic acids is 1. The van der Waals surface area contributed by atoms with Crippen LogP contribution in [0.4, 0.5) is 14.5 Å². The van der Waals surface area contributed by atoms with Crippen molar-refractivity contribution in [1.29, 1.82) is 0 Å². The molecule has 30 heavy (non-hydrogen) atoms. The van der Waals surface area contributed by atoms with Gasteiger partial charge in [-0.1, -0.05) is 17.8 Å². The Labute approximate surface area is 177 Å². The molecule has 1 atom stereocenters. The molecule has 1 N–H and O–H groups in total. The summed E-state index contributed by atoms with van der Waals surface area (Å²) < 4.78 is 33.7. The molecule has 1 amide bonds. The van der Waals surface area contributed by atoms with Gasteiger partial charge in [0.25, 0.3) is 0 Å². The van der Waals surface area contributed by atoms with Gasteiger partial charge in [-0.2, -0.15) is 0 Å². The van der Waals surface area contributed by atoms with E-state index >= 15 is 0 Å². The predicted molar refractivity (Wildman–Crippen MR) is 111 cm³/mol. The number of hydrogen-bond acceptors (Lipinski definition) is 5. The molecule has 3 rings (SSSR count). The number of allylic oxidation sites excluding steroid dienone is 1. The highest BCUT2D eigenvalue weighted by atomic mass is 32.2. The van der Waals surface area contributed by atoms with Crippen LogP contribution < -0.4 is 10.1 Å². The largest absolute Gasteiger partial charge is 0.483 e. The molecule has 3 aromatic rings. The van der Waals surface area contributed by atoms with Crippen LogP contribution in [0.2, 0.25) is 0 Å². The van der Waals surface area contributed by atoms with Gasteiger partial charge in [-0.25, -0.2) is 8.78 Å². The molecule has 6 nitrogen and oxygen atoms in total. The normalized spacial score (nSPS) is 11.7. The van der Waals surface area contributed by atoms with Crippen molar-refractivity contribution in [3.8, 4) is 5.75 Å². The van der Waals surface area contributed by atoms with E-state index in [1.807, 2.05) is 6.92 Å². The van der Waals surface area contributed by atoms with E-state index in [1.165, 1.54) is 60.3 Å². The molecule has 0 aliphatic rings. The van der Waals surface area contributed by atoms with Crippen molar-refractivity contribution < 1.29 is 18.3 Å². The number of benzene rings is 2. The third-order valence-electron chi connectivity index (χ3n) is 4.01. The van der Waals surface area contributed by atoms with Crippen LogP contribution in [0.25, 0.3) is 0 Å². The maximum Gasteiger partial charge on any atom is 0.234 e. The monoisotopic (exact) mass is 430 g/mol. The smallest absolute Gasteiger partial charge is 0.234 e. The average molecular weight is 430 g/mol. The summed E-state index contributed by atoms with van der Waals surface area (Å²) in [6, 6.07) is 11.2. The van der Waals surface area contributed by atoms with Crippen molar-refractivity contribution in [2.75, 3.05) is 11.1 Å². The number of nitrogens with one attached hydrogen (secondary N) is 1. The maximum absolute atomic E-state index is 13.1. The second kappa shape index (κ2) is 10.0. The number of anilines is 1.